The molecule has 0 saturated carbocycles. The van der Waals surface area contributed by atoms with Crippen molar-refractivity contribution in [3.63, 3.8) is 0 Å². The van der Waals surface area contributed by atoms with Crippen LogP contribution in [0.15, 0.2) is 53.9 Å². The van der Waals surface area contributed by atoms with Crippen LogP contribution in [0.1, 0.15) is 34.2 Å². The van der Waals surface area contributed by atoms with E-state index in [-0.39, 0.29) is 5.16 Å². The SMILES string of the molecule is CCc1ccc(CSc2nc(C(=O)Nc3ccncc3)c(C(F)(F)F)[nH]2)cc1. The van der Waals surface area contributed by atoms with Crippen molar-refractivity contribution in [3.8, 4) is 0 Å². The number of imidazole rings is 1. The first kappa shape index (κ1) is 19.9. The number of carbonyl (C=O) groups excluding carboxylic acids is 1. The minimum Gasteiger partial charge on any atom is -0.329 e. The van der Waals surface area contributed by atoms with Gasteiger partial charge in [-0.15, -0.1) is 0 Å². The average molecular weight is 406 g/mol. The first-order valence-corrected chi connectivity index (χ1v) is 9.44. The molecule has 3 aromatic rings. The molecule has 2 N–H and O–H groups in total. The van der Waals surface area contributed by atoms with Gasteiger partial charge in [-0.05, 0) is 29.7 Å². The summed E-state index contributed by atoms with van der Waals surface area (Å²) in [6.07, 6.45) is -0.956. The third kappa shape index (κ3) is 4.92. The topological polar surface area (TPSA) is 70.7 Å². The maximum Gasteiger partial charge on any atom is 0.433 e. The van der Waals surface area contributed by atoms with Gasteiger partial charge in [-0.1, -0.05) is 43.0 Å². The molecule has 0 atom stereocenters. The maximum absolute atomic E-state index is 13.3. The third-order valence-electron chi connectivity index (χ3n) is 3.93. The van der Waals surface area contributed by atoms with Crippen LogP contribution in [0.25, 0.3) is 0 Å². The number of pyridine rings is 1. The predicted molar refractivity (Wildman–Crippen MR) is 101 cm³/mol. The van der Waals surface area contributed by atoms with Crippen LogP contribution < -0.4 is 5.32 Å². The fraction of sp³-hybridized carbons (Fsp3) is 0.211. The number of aromatic nitrogens is 3. The number of aryl methyl sites for hydroxylation is 1. The number of alkyl halides is 3. The molecule has 0 fully saturated rings. The van der Waals surface area contributed by atoms with Gasteiger partial charge < -0.3 is 10.3 Å². The van der Waals surface area contributed by atoms with Crippen LogP contribution in [-0.4, -0.2) is 20.9 Å². The summed E-state index contributed by atoms with van der Waals surface area (Å²) in [5, 5.41) is 2.43. The summed E-state index contributed by atoms with van der Waals surface area (Å²) < 4.78 is 40.0. The fourth-order valence-electron chi connectivity index (χ4n) is 2.44. The van der Waals surface area contributed by atoms with Gasteiger partial charge in [0.1, 0.15) is 0 Å². The average Bonchev–Trinajstić information content (AvgIpc) is 3.13. The van der Waals surface area contributed by atoms with Crippen molar-refractivity contribution in [2.45, 2.75) is 30.4 Å². The van der Waals surface area contributed by atoms with Gasteiger partial charge in [0.05, 0.1) is 0 Å². The van der Waals surface area contributed by atoms with E-state index in [0.717, 1.165) is 23.7 Å². The lowest BCUT2D eigenvalue weighted by molar-refractivity contribution is -0.141. The van der Waals surface area contributed by atoms with Gasteiger partial charge in [0.25, 0.3) is 5.91 Å². The van der Waals surface area contributed by atoms with E-state index in [9.17, 15) is 18.0 Å². The number of thioether (sulfide) groups is 1. The van der Waals surface area contributed by atoms with Crippen molar-refractivity contribution in [1.29, 1.82) is 0 Å². The highest BCUT2D eigenvalue weighted by atomic mass is 32.2. The van der Waals surface area contributed by atoms with Crippen LogP contribution in [0.2, 0.25) is 0 Å². The number of benzene rings is 1. The number of carbonyl (C=O) groups is 1. The minimum atomic E-state index is -4.72. The second-order valence-corrected chi connectivity index (χ2v) is 6.88. The third-order valence-corrected chi connectivity index (χ3v) is 4.87. The molecule has 3 rings (SSSR count). The molecule has 0 saturated heterocycles. The molecule has 0 spiro atoms. The normalized spacial score (nSPS) is 11.4. The van der Waals surface area contributed by atoms with E-state index in [4.69, 9.17) is 0 Å². The Morgan fingerprint density at radius 1 is 1.11 bits per heavy atom. The molecule has 0 aliphatic heterocycles. The number of H-pyrrole nitrogens is 1. The first-order chi connectivity index (χ1) is 13.4. The molecule has 2 aromatic heterocycles. The van der Waals surface area contributed by atoms with Crippen molar-refractivity contribution in [3.05, 3.63) is 71.3 Å². The van der Waals surface area contributed by atoms with E-state index in [1.807, 2.05) is 31.2 Å². The van der Waals surface area contributed by atoms with Gasteiger partial charge >= 0.3 is 6.18 Å². The molecule has 1 aromatic carbocycles. The van der Waals surface area contributed by atoms with Gasteiger partial charge in [-0.2, -0.15) is 13.2 Å². The second-order valence-electron chi connectivity index (χ2n) is 5.91. The lowest BCUT2D eigenvalue weighted by atomic mass is 10.1. The Labute approximate surface area is 163 Å². The van der Waals surface area contributed by atoms with Crippen LogP contribution in [0, 0.1) is 0 Å². The quantitative estimate of drug-likeness (QED) is 0.570. The number of rotatable bonds is 6. The van der Waals surface area contributed by atoms with E-state index in [0.29, 0.717) is 11.4 Å². The second kappa shape index (κ2) is 8.47. The van der Waals surface area contributed by atoms with Gasteiger partial charge in [-0.3, -0.25) is 9.78 Å². The number of nitrogens with one attached hydrogen (secondary N) is 2. The van der Waals surface area contributed by atoms with E-state index >= 15 is 0 Å². The molecule has 146 valence electrons. The summed E-state index contributed by atoms with van der Waals surface area (Å²) >= 11 is 1.11. The zero-order valence-electron chi connectivity index (χ0n) is 14.9. The molecule has 0 unspecified atom stereocenters. The van der Waals surface area contributed by atoms with E-state index in [1.54, 1.807) is 0 Å². The maximum atomic E-state index is 13.3. The number of aromatic amines is 1. The van der Waals surface area contributed by atoms with Crippen LogP contribution in [-0.2, 0) is 18.3 Å². The van der Waals surface area contributed by atoms with Crippen LogP contribution in [0.5, 0.6) is 0 Å². The number of hydrogen-bond acceptors (Lipinski definition) is 4. The van der Waals surface area contributed by atoms with Gasteiger partial charge in [0, 0.05) is 23.8 Å². The summed E-state index contributed by atoms with van der Waals surface area (Å²) in [6.45, 7) is 2.05. The van der Waals surface area contributed by atoms with E-state index in [1.165, 1.54) is 30.1 Å². The molecule has 1 amide bonds. The summed E-state index contributed by atoms with van der Waals surface area (Å²) in [4.78, 5) is 22.2. The molecule has 2 heterocycles. The Bertz CT molecular complexity index is 940. The molecule has 0 bridgehead atoms. The smallest absolute Gasteiger partial charge is 0.329 e. The van der Waals surface area contributed by atoms with Gasteiger partial charge in [-0.25, -0.2) is 4.98 Å². The molecule has 9 heteroatoms. The highest BCUT2D eigenvalue weighted by molar-refractivity contribution is 7.98. The largest absolute Gasteiger partial charge is 0.433 e. The minimum absolute atomic E-state index is 0.0340. The molecule has 0 aliphatic rings. The molecule has 0 aliphatic carbocycles. The zero-order valence-corrected chi connectivity index (χ0v) is 15.7. The molecule has 28 heavy (non-hydrogen) atoms. The molecular weight excluding hydrogens is 389 g/mol. The zero-order chi connectivity index (χ0) is 20.1. The number of hydrogen-bond donors (Lipinski definition) is 2. The first-order valence-electron chi connectivity index (χ1n) is 8.46. The van der Waals surface area contributed by atoms with Crippen molar-refractivity contribution in [2.24, 2.45) is 0 Å². The number of halogens is 3. The Morgan fingerprint density at radius 3 is 2.36 bits per heavy atom. The highest BCUT2D eigenvalue weighted by Crippen LogP contribution is 2.33. The molecule has 0 radical (unpaired) electrons. The number of amides is 1. The van der Waals surface area contributed by atoms with Crippen molar-refractivity contribution in [1.82, 2.24) is 15.0 Å². The summed E-state index contributed by atoms with van der Waals surface area (Å²) in [5.74, 6) is -0.505. The summed E-state index contributed by atoms with van der Waals surface area (Å²) in [7, 11) is 0. The monoisotopic (exact) mass is 406 g/mol. The Hall–Kier alpha value is -2.81. The fourth-order valence-corrected chi connectivity index (χ4v) is 3.26. The molecule has 5 nitrogen and oxygen atoms in total. The number of anilines is 1. The summed E-state index contributed by atoms with van der Waals surface area (Å²) in [5.41, 5.74) is 0.619. The van der Waals surface area contributed by atoms with Crippen molar-refractivity contribution < 1.29 is 18.0 Å². The lowest BCUT2D eigenvalue weighted by Crippen LogP contribution is -2.18. The van der Waals surface area contributed by atoms with Gasteiger partial charge in [0.15, 0.2) is 16.5 Å². The Morgan fingerprint density at radius 2 is 1.75 bits per heavy atom. The van der Waals surface area contributed by atoms with Gasteiger partial charge in [0.2, 0.25) is 0 Å². The summed E-state index contributed by atoms with van der Waals surface area (Å²) in [6, 6.07) is 10.8. The Balaban J connectivity index is 1.78. The highest BCUT2D eigenvalue weighted by Gasteiger charge is 2.39. The lowest BCUT2D eigenvalue weighted by Gasteiger charge is -2.07. The number of nitrogens with zero attached hydrogens (tertiary/aromatic N) is 2. The van der Waals surface area contributed by atoms with Crippen molar-refractivity contribution >= 4 is 23.4 Å². The van der Waals surface area contributed by atoms with Crippen LogP contribution >= 0.6 is 11.8 Å². The standard InChI is InChI=1S/C19H17F3N4OS/c1-2-12-3-5-13(6-4-12)11-28-18-25-15(16(26-18)19(20,21)22)17(27)24-14-7-9-23-10-8-14/h3-10H,2,11H2,1H3,(H,25,26)(H,23,24,27). The van der Waals surface area contributed by atoms with Crippen LogP contribution in [0.3, 0.4) is 0 Å². The Kier molecular flexibility index (Phi) is 6.03. The van der Waals surface area contributed by atoms with E-state index < -0.39 is 23.5 Å². The molecular formula is C19H17F3N4OS. The van der Waals surface area contributed by atoms with E-state index in [2.05, 4.69) is 20.3 Å². The predicted octanol–water partition coefficient (Wildman–Crippen LogP) is 4.93. The van der Waals surface area contributed by atoms with Crippen LogP contribution in [0.4, 0.5) is 18.9 Å². The van der Waals surface area contributed by atoms with Crippen molar-refractivity contribution in [2.75, 3.05) is 5.32 Å².